The van der Waals surface area contributed by atoms with Crippen LogP contribution in [-0.2, 0) is 21.0 Å². The van der Waals surface area contributed by atoms with Gasteiger partial charge >= 0.3 is 0 Å². The molecule has 0 bridgehead atoms. The quantitative estimate of drug-likeness (QED) is 0.615. The van der Waals surface area contributed by atoms with Gasteiger partial charge in [-0.05, 0) is 27.2 Å². The van der Waals surface area contributed by atoms with Crippen molar-refractivity contribution in [2.24, 2.45) is 0 Å². The van der Waals surface area contributed by atoms with Crippen LogP contribution < -0.4 is 0 Å². The molecule has 1 aromatic carbocycles. The average Bonchev–Trinajstić information content (AvgIpc) is 2.34. The fourth-order valence-electron chi connectivity index (χ4n) is 2.41. The van der Waals surface area contributed by atoms with Crippen molar-refractivity contribution in [2.45, 2.75) is 57.0 Å². The summed E-state index contributed by atoms with van der Waals surface area (Å²) in [5, 5.41) is 0.844. The Morgan fingerprint density at radius 2 is 1.82 bits per heavy atom. The zero-order chi connectivity index (χ0) is 16.8. The third-order valence-corrected chi connectivity index (χ3v) is 7.88. The highest BCUT2D eigenvalue weighted by Crippen LogP contribution is 2.44. The molecule has 2 rings (SSSR count). The van der Waals surface area contributed by atoms with Crippen molar-refractivity contribution in [1.82, 2.24) is 0 Å². The summed E-state index contributed by atoms with van der Waals surface area (Å²) in [4.78, 5) is 0. The van der Waals surface area contributed by atoms with E-state index in [1.165, 1.54) is 12.2 Å². The maximum atomic E-state index is 9.83. The molecule has 5 heteroatoms. The van der Waals surface area contributed by atoms with Gasteiger partial charge in [-0.1, -0.05) is 43.7 Å². The van der Waals surface area contributed by atoms with Gasteiger partial charge < -0.3 is 4.55 Å². The Hall–Kier alpha value is -0.520. The van der Waals surface area contributed by atoms with E-state index in [9.17, 15) is 13.0 Å². The third kappa shape index (κ3) is 6.71. The summed E-state index contributed by atoms with van der Waals surface area (Å²) < 4.78 is 30.0. The second-order valence-corrected chi connectivity index (χ2v) is 11.1. The molecule has 2 unspecified atom stereocenters. The van der Waals surface area contributed by atoms with Crippen molar-refractivity contribution in [1.29, 1.82) is 0 Å². The van der Waals surface area contributed by atoms with Crippen LogP contribution in [0.2, 0.25) is 0 Å². The van der Waals surface area contributed by atoms with Gasteiger partial charge in [0.05, 0.1) is 10.1 Å². The standard InChI is InChI=1S/C13H19S.C4H10O3S/c1-13(2,3)14-10-9-12(14)11-7-5-4-6-8-11;1-2-3-4-8(5,6)7/h4-8,12H,9-10H2,1-3H3;2-4H2,1H3,(H,5,6,7)/q+1;/p-1. The van der Waals surface area contributed by atoms with Gasteiger partial charge in [0.1, 0.15) is 15.7 Å². The molecule has 126 valence electrons. The van der Waals surface area contributed by atoms with Crippen molar-refractivity contribution in [3.63, 3.8) is 0 Å². The Labute approximate surface area is 138 Å². The van der Waals surface area contributed by atoms with E-state index in [4.69, 9.17) is 0 Å². The van der Waals surface area contributed by atoms with Crippen LogP contribution in [0.15, 0.2) is 30.3 Å². The molecule has 1 aliphatic rings. The van der Waals surface area contributed by atoms with Gasteiger partial charge in [-0.15, -0.1) is 0 Å². The van der Waals surface area contributed by atoms with Gasteiger partial charge in [-0.25, -0.2) is 8.42 Å². The molecule has 0 N–H and O–H groups in total. The fraction of sp³-hybridized carbons (Fsp3) is 0.647. The highest BCUT2D eigenvalue weighted by Gasteiger charge is 2.49. The maximum absolute atomic E-state index is 9.83. The van der Waals surface area contributed by atoms with Crippen LogP contribution >= 0.6 is 0 Å². The summed E-state index contributed by atoms with van der Waals surface area (Å²) in [6, 6.07) is 11.0. The van der Waals surface area contributed by atoms with E-state index < -0.39 is 10.1 Å². The highest BCUT2D eigenvalue weighted by molar-refractivity contribution is 7.99. The summed E-state index contributed by atoms with van der Waals surface area (Å²) in [5.74, 6) is 1.21. The van der Waals surface area contributed by atoms with E-state index in [1.807, 2.05) is 6.92 Å². The largest absolute Gasteiger partial charge is 0.748 e. The van der Waals surface area contributed by atoms with Crippen molar-refractivity contribution in [3.8, 4) is 0 Å². The first-order valence-corrected chi connectivity index (χ1v) is 10.9. The molecule has 1 heterocycles. The molecule has 1 aromatic rings. The Balaban J connectivity index is 0.000000261. The number of hydrogen-bond donors (Lipinski definition) is 0. The molecule has 0 amide bonds. The Morgan fingerprint density at radius 3 is 2.14 bits per heavy atom. The smallest absolute Gasteiger partial charge is 0.148 e. The van der Waals surface area contributed by atoms with Gasteiger partial charge in [-0.2, -0.15) is 0 Å². The molecule has 3 nitrogen and oxygen atoms in total. The molecule has 0 aromatic heterocycles. The van der Waals surface area contributed by atoms with Crippen LogP contribution in [0.1, 0.15) is 57.8 Å². The van der Waals surface area contributed by atoms with Crippen LogP contribution in [0, 0.1) is 0 Å². The van der Waals surface area contributed by atoms with Crippen molar-refractivity contribution in [3.05, 3.63) is 35.9 Å². The Kier molecular flexibility index (Phi) is 7.42. The van der Waals surface area contributed by atoms with E-state index in [1.54, 1.807) is 5.56 Å². The predicted molar refractivity (Wildman–Crippen MR) is 95.3 cm³/mol. The van der Waals surface area contributed by atoms with Crippen LogP contribution in [0.25, 0.3) is 0 Å². The molecule has 1 aliphatic heterocycles. The zero-order valence-electron chi connectivity index (χ0n) is 14.0. The van der Waals surface area contributed by atoms with Crippen LogP contribution in [0.4, 0.5) is 0 Å². The lowest BCUT2D eigenvalue weighted by Crippen LogP contribution is -2.43. The number of unbranched alkanes of at least 4 members (excludes halogenated alkanes) is 1. The van der Waals surface area contributed by atoms with Crippen LogP contribution in [0.3, 0.4) is 0 Å². The first-order valence-electron chi connectivity index (χ1n) is 7.83. The molecule has 0 spiro atoms. The Bertz CT molecular complexity index is 533. The molecule has 0 aliphatic carbocycles. The lowest BCUT2D eigenvalue weighted by molar-refractivity contribution is 0.461. The van der Waals surface area contributed by atoms with Crippen molar-refractivity contribution in [2.75, 3.05) is 11.5 Å². The van der Waals surface area contributed by atoms with Gasteiger partial charge in [0, 0.05) is 28.6 Å². The van der Waals surface area contributed by atoms with Gasteiger partial charge in [0.15, 0.2) is 0 Å². The highest BCUT2D eigenvalue weighted by atomic mass is 32.2. The minimum Gasteiger partial charge on any atom is -0.748 e. The minimum absolute atomic E-state index is 0.219. The first kappa shape index (κ1) is 19.5. The molecular formula is C17H28O3S2. The maximum Gasteiger partial charge on any atom is 0.148 e. The molecule has 0 radical (unpaired) electrons. The topological polar surface area (TPSA) is 57.2 Å². The van der Waals surface area contributed by atoms with Gasteiger partial charge in [-0.3, -0.25) is 0 Å². The summed E-state index contributed by atoms with van der Waals surface area (Å²) in [5.41, 5.74) is 1.55. The zero-order valence-corrected chi connectivity index (χ0v) is 15.7. The van der Waals surface area contributed by atoms with Crippen LogP contribution in [0.5, 0.6) is 0 Å². The number of hydrogen-bond acceptors (Lipinski definition) is 3. The molecular weight excluding hydrogens is 316 g/mol. The average molecular weight is 345 g/mol. The SMILES string of the molecule is CC(C)(C)[S+]1CCC1c1ccccc1.CCCCS(=O)(=O)[O-]. The Morgan fingerprint density at radius 1 is 1.23 bits per heavy atom. The van der Waals surface area contributed by atoms with E-state index in [0.29, 0.717) is 22.1 Å². The predicted octanol–water partition coefficient (Wildman–Crippen LogP) is 3.88. The third-order valence-electron chi connectivity index (χ3n) is 3.65. The first-order chi connectivity index (χ1) is 10.1. The molecule has 1 saturated heterocycles. The lowest BCUT2D eigenvalue weighted by atomic mass is 10.1. The summed E-state index contributed by atoms with van der Waals surface area (Å²) in [7, 11) is -3.34. The van der Waals surface area contributed by atoms with Crippen molar-refractivity contribution < 1.29 is 13.0 Å². The molecule has 1 fully saturated rings. The second kappa shape index (κ2) is 8.37. The van der Waals surface area contributed by atoms with E-state index in [-0.39, 0.29) is 5.75 Å². The van der Waals surface area contributed by atoms with Gasteiger partial charge in [0.2, 0.25) is 0 Å². The summed E-state index contributed by atoms with van der Waals surface area (Å²) in [6.45, 7) is 8.98. The monoisotopic (exact) mass is 344 g/mol. The molecule has 0 saturated carbocycles. The number of benzene rings is 1. The summed E-state index contributed by atoms with van der Waals surface area (Å²) in [6.07, 6.45) is 2.62. The van der Waals surface area contributed by atoms with Gasteiger partial charge in [0.25, 0.3) is 0 Å². The fourth-order valence-corrected chi connectivity index (χ4v) is 5.71. The van der Waals surface area contributed by atoms with Crippen molar-refractivity contribution >= 4 is 21.0 Å². The second-order valence-electron chi connectivity index (χ2n) is 6.55. The van der Waals surface area contributed by atoms with E-state index >= 15 is 0 Å². The molecule has 2 atom stereocenters. The minimum atomic E-state index is -3.94. The normalized spacial score (nSPS) is 21.5. The van der Waals surface area contributed by atoms with E-state index in [0.717, 1.165) is 11.7 Å². The number of rotatable bonds is 4. The lowest BCUT2D eigenvalue weighted by Gasteiger charge is -2.35. The van der Waals surface area contributed by atoms with E-state index in [2.05, 4.69) is 51.1 Å². The van der Waals surface area contributed by atoms with Crippen LogP contribution in [-0.4, -0.2) is 29.2 Å². The molecule has 22 heavy (non-hydrogen) atoms. The summed E-state index contributed by atoms with van der Waals surface area (Å²) >= 11 is 0.